The highest BCUT2D eigenvalue weighted by Gasteiger charge is 2.26. The van der Waals surface area contributed by atoms with Gasteiger partial charge in [-0.25, -0.2) is 9.97 Å². The molecule has 3 rings (SSSR count). The fourth-order valence-electron chi connectivity index (χ4n) is 3.54. The summed E-state index contributed by atoms with van der Waals surface area (Å²) in [7, 11) is 0. The first-order valence-corrected chi connectivity index (χ1v) is 8.53. The lowest BCUT2D eigenvalue weighted by Gasteiger charge is -2.32. The number of carbonyl (C=O) groups is 1. The molecule has 1 aliphatic carbocycles. The number of likely N-dealkylation sites (tertiary alicyclic amines) is 1. The van der Waals surface area contributed by atoms with Crippen molar-refractivity contribution in [3.63, 3.8) is 0 Å². The number of ether oxygens (including phenoxy) is 1. The van der Waals surface area contributed by atoms with Crippen LogP contribution in [0, 0.1) is 5.92 Å². The Labute approximate surface area is 132 Å². The fourth-order valence-corrected chi connectivity index (χ4v) is 3.54. The molecule has 22 heavy (non-hydrogen) atoms. The lowest BCUT2D eigenvalue weighted by atomic mass is 10.0. The van der Waals surface area contributed by atoms with Gasteiger partial charge in [-0.15, -0.1) is 0 Å². The molecule has 1 aliphatic heterocycles. The summed E-state index contributed by atoms with van der Waals surface area (Å²) in [5.74, 6) is 1.06. The lowest BCUT2D eigenvalue weighted by Crippen LogP contribution is -2.44. The largest absolute Gasteiger partial charge is 0.458 e. The first-order valence-electron chi connectivity index (χ1n) is 8.53. The Morgan fingerprint density at radius 1 is 1.18 bits per heavy atom. The Kier molecular flexibility index (Phi) is 5.24. The van der Waals surface area contributed by atoms with E-state index < -0.39 is 0 Å². The summed E-state index contributed by atoms with van der Waals surface area (Å²) in [6, 6.07) is 2.18. The molecule has 0 N–H and O–H groups in total. The van der Waals surface area contributed by atoms with E-state index in [0.29, 0.717) is 19.0 Å². The van der Waals surface area contributed by atoms with E-state index in [-0.39, 0.29) is 12.0 Å². The molecule has 2 fully saturated rings. The van der Waals surface area contributed by atoms with E-state index in [2.05, 4.69) is 9.97 Å². The van der Waals surface area contributed by atoms with E-state index in [1.165, 1.54) is 25.7 Å². The molecule has 120 valence electrons. The minimum atomic E-state index is 0.0200. The van der Waals surface area contributed by atoms with Gasteiger partial charge in [0.15, 0.2) is 0 Å². The van der Waals surface area contributed by atoms with Crippen LogP contribution < -0.4 is 4.74 Å². The van der Waals surface area contributed by atoms with Crippen molar-refractivity contribution in [1.82, 2.24) is 14.9 Å². The Bertz CT molecular complexity index is 474. The summed E-state index contributed by atoms with van der Waals surface area (Å²) in [6.07, 6.45) is 12.4. The Hall–Kier alpha value is -1.65. The van der Waals surface area contributed by atoms with E-state index in [1.54, 1.807) is 18.5 Å². The van der Waals surface area contributed by atoms with Gasteiger partial charge in [-0.2, -0.15) is 0 Å². The summed E-state index contributed by atoms with van der Waals surface area (Å²) in [4.78, 5) is 22.5. The van der Waals surface area contributed by atoms with Crippen LogP contribution in [-0.4, -0.2) is 40.0 Å². The van der Waals surface area contributed by atoms with Gasteiger partial charge < -0.3 is 9.64 Å². The van der Waals surface area contributed by atoms with Crippen molar-refractivity contribution >= 4 is 5.91 Å². The number of carbonyl (C=O) groups excluding carboxylic acids is 1. The molecule has 1 amide bonds. The first kappa shape index (κ1) is 15.3. The number of rotatable bonds is 5. The minimum Gasteiger partial charge on any atom is -0.458 e. The zero-order valence-corrected chi connectivity index (χ0v) is 13.1. The molecule has 1 saturated heterocycles. The number of amides is 1. The molecule has 0 bridgehead atoms. The number of nitrogens with zero attached hydrogens (tertiary/aromatic N) is 3. The van der Waals surface area contributed by atoms with Gasteiger partial charge in [-0.05, 0) is 31.2 Å². The molecule has 5 heteroatoms. The average molecular weight is 303 g/mol. The number of aromatic nitrogens is 2. The molecular weight excluding hydrogens is 278 g/mol. The van der Waals surface area contributed by atoms with E-state index in [0.717, 1.165) is 31.7 Å². The van der Waals surface area contributed by atoms with Gasteiger partial charge in [0.1, 0.15) is 6.10 Å². The van der Waals surface area contributed by atoms with Crippen LogP contribution in [-0.2, 0) is 4.79 Å². The monoisotopic (exact) mass is 303 g/mol. The quantitative estimate of drug-likeness (QED) is 0.839. The molecule has 2 aliphatic rings. The zero-order chi connectivity index (χ0) is 15.2. The molecule has 0 spiro atoms. The van der Waals surface area contributed by atoms with Gasteiger partial charge >= 0.3 is 6.01 Å². The van der Waals surface area contributed by atoms with Crippen LogP contribution in [0.3, 0.4) is 0 Å². The van der Waals surface area contributed by atoms with E-state index in [4.69, 9.17) is 4.74 Å². The first-order chi connectivity index (χ1) is 10.8. The molecule has 1 atom stereocenters. The summed E-state index contributed by atoms with van der Waals surface area (Å²) in [6.45, 7) is 1.53. The van der Waals surface area contributed by atoms with Crippen molar-refractivity contribution in [3.8, 4) is 6.01 Å². The molecule has 5 nitrogen and oxygen atoms in total. The summed E-state index contributed by atoms with van der Waals surface area (Å²) < 4.78 is 5.80. The number of hydrogen-bond acceptors (Lipinski definition) is 4. The molecule has 0 aromatic carbocycles. The second-order valence-corrected chi connectivity index (χ2v) is 6.44. The topological polar surface area (TPSA) is 55.3 Å². The highest BCUT2D eigenvalue weighted by molar-refractivity contribution is 5.76. The maximum atomic E-state index is 12.4. The van der Waals surface area contributed by atoms with Crippen LogP contribution in [0.1, 0.15) is 51.4 Å². The third-order valence-electron chi connectivity index (χ3n) is 4.79. The van der Waals surface area contributed by atoms with Gasteiger partial charge in [0, 0.05) is 25.4 Å². The zero-order valence-electron chi connectivity index (χ0n) is 13.1. The molecule has 1 aromatic rings. The molecule has 1 aromatic heterocycles. The van der Waals surface area contributed by atoms with Crippen LogP contribution in [0.4, 0.5) is 0 Å². The van der Waals surface area contributed by atoms with Gasteiger partial charge in [0.25, 0.3) is 0 Å². The smallest absolute Gasteiger partial charge is 0.316 e. The maximum Gasteiger partial charge on any atom is 0.316 e. The number of piperidine rings is 1. The Morgan fingerprint density at radius 2 is 1.95 bits per heavy atom. The third kappa shape index (κ3) is 4.18. The standard InChI is InChI=1S/C17H25N3O2/c21-16(9-8-14-5-1-2-6-14)20-12-3-7-15(13-20)22-17-18-10-4-11-19-17/h4,10-11,14-15H,1-3,5-9,12-13H2. The van der Waals surface area contributed by atoms with Crippen molar-refractivity contribution in [2.45, 2.75) is 57.5 Å². The highest BCUT2D eigenvalue weighted by Crippen LogP contribution is 2.29. The summed E-state index contributed by atoms with van der Waals surface area (Å²) in [5, 5.41) is 0. The molecule has 2 heterocycles. The van der Waals surface area contributed by atoms with Crippen LogP contribution in [0.15, 0.2) is 18.5 Å². The predicted molar refractivity (Wildman–Crippen MR) is 83.5 cm³/mol. The van der Waals surface area contributed by atoms with Crippen molar-refractivity contribution in [1.29, 1.82) is 0 Å². The SMILES string of the molecule is O=C(CCC1CCCC1)N1CCCC(Oc2ncccn2)C1. The molecule has 0 radical (unpaired) electrons. The molecule has 1 unspecified atom stereocenters. The maximum absolute atomic E-state index is 12.4. The van der Waals surface area contributed by atoms with Gasteiger partial charge in [-0.3, -0.25) is 4.79 Å². The van der Waals surface area contributed by atoms with Crippen LogP contribution >= 0.6 is 0 Å². The van der Waals surface area contributed by atoms with E-state index in [9.17, 15) is 4.79 Å². The lowest BCUT2D eigenvalue weighted by molar-refractivity contribution is -0.134. The summed E-state index contributed by atoms with van der Waals surface area (Å²) in [5.41, 5.74) is 0. The minimum absolute atomic E-state index is 0.0200. The molecule has 1 saturated carbocycles. The number of hydrogen-bond donors (Lipinski definition) is 0. The second kappa shape index (κ2) is 7.56. The van der Waals surface area contributed by atoms with Crippen molar-refractivity contribution in [2.24, 2.45) is 5.92 Å². The van der Waals surface area contributed by atoms with Gasteiger partial charge in [-0.1, -0.05) is 25.7 Å². The van der Waals surface area contributed by atoms with E-state index >= 15 is 0 Å². The second-order valence-electron chi connectivity index (χ2n) is 6.44. The van der Waals surface area contributed by atoms with Crippen molar-refractivity contribution < 1.29 is 9.53 Å². The van der Waals surface area contributed by atoms with Gasteiger partial charge in [0.05, 0.1) is 6.54 Å². The van der Waals surface area contributed by atoms with E-state index in [1.807, 2.05) is 4.90 Å². The highest BCUT2D eigenvalue weighted by atomic mass is 16.5. The van der Waals surface area contributed by atoms with Crippen LogP contribution in [0.2, 0.25) is 0 Å². The van der Waals surface area contributed by atoms with Crippen molar-refractivity contribution in [3.05, 3.63) is 18.5 Å². The van der Waals surface area contributed by atoms with Gasteiger partial charge in [0.2, 0.25) is 5.91 Å². The van der Waals surface area contributed by atoms with Crippen LogP contribution in [0.5, 0.6) is 6.01 Å². The average Bonchev–Trinajstić information content (AvgIpc) is 3.07. The third-order valence-corrected chi connectivity index (χ3v) is 4.79. The van der Waals surface area contributed by atoms with Crippen molar-refractivity contribution in [2.75, 3.05) is 13.1 Å². The Balaban J connectivity index is 1.46. The van der Waals surface area contributed by atoms with Crippen LogP contribution in [0.25, 0.3) is 0 Å². The summed E-state index contributed by atoms with van der Waals surface area (Å²) >= 11 is 0. The predicted octanol–water partition coefficient (Wildman–Crippen LogP) is 2.82. The Morgan fingerprint density at radius 3 is 2.73 bits per heavy atom. The fraction of sp³-hybridized carbons (Fsp3) is 0.706. The normalized spacial score (nSPS) is 22.7. The molecular formula is C17H25N3O2.